The lowest BCUT2D eigenvalue weighted by Gasteiger charge is -2.51. The minimum absolute atomic E-state index is 0.261. The second-order valence-corrected chi connectivity index (χ2v) is 12.8. The van der Waals surface area contributed by atoms with E-state index in [4.69, 9.17) is 4.74 Å². The molecule has 2 heterocycles. The number of H-pyrrole nitrogens is 1. The van der Waals surface area contributed by atoms with Gasteiger partial charge in [-0.05, 0) is 68.7 Å². The summed E-state index contributed by atoms with van der Waals surface area (Å²) in [7, 11) is 0. The smallest absolute Gasteiger partial charge is 0.418 e. The van der Waals surface area contributed by atoms with Crippen LogP contribution in [0, 0.1) is 11.8 Å². The zero-order valence-electron chi connectivity index (χ0n) is 25.6. The first-order valence-corrected chi connectivity index (χ1v) is 14.8. The Balaban J connectivity index is 1.77. The van der Waals surface area contributed by atoms with E-state index in [0.717, 1.165) is 16.0 Å². The van der Waals surface area contributed by atoms with Crippen molar-refractivity contribution in [1.29, 1.82) is 0 Å². The molecule has 0 spiro atoms. The van der Waals surface area contributed by atoms with Crippen molar-refractivity contribution in [3.8, 4) is 0 Å². The van der Waals surface area contributed by atoms with E-state index in [0.29, 0.717) is 30.3 Å². The summed E-state index contributed by atoms with van der Waals surface area (Å²) >= 11 is 0. The van der Waals surface area contributed by atoms with Crippen LogP contribution in [0.3, 0.4) is 0 Å². The summed E-state index contributed by atoms with van der Waals surface area (Å²) in [6.07, 6.45) is -3.05. The van der Waals surface area contributed by atoms with E-state index in [1.54, 1.807) is 34.6 Å². The van der Waals surface area contributed by atoms with Gasteiger partial charge >= 0.3 is 12.1 Å². The Hall–Kier alpha value is -4.42. The van der Waals surface area contributed by atoms with Gasteiger partial charge in [0.15, 0.2) is 0 Å². The van der Waals surface area contributed by atoms with Gasteiger partial charge in [0.05, 0.1) is 17.4 Å². The van der Waals surface area contributed by atoms with Crippen molar-refractivity contribution >= 4 is 34.7 Å². The summed E-state index contributed by atoms with van der Waals surface area (Å²) in [6.45, 7) is 8.17. The number of imidazole rings is 1. The van der Waals surface area contributed by atoms with Crippen molar-refractivity contribution in [1.82, 2.24) is 25.5 Å². The normalized spacial score (nSPS) is 21.2. The fourth-order valence-corrected chi connectivity index (χ4v) is 6.24. The predicted octanol–water partition coefficient (Wildman–Crippen LogP) is 3.89. The third-order valence-electron chi connectivity index (χ3n) is 8.50. The molecule has 3 amide bonds. The van der Waals surface area contributed by atoms with Crippen molar-refractivity contribution in [2.45, 2.75) is 83.4 Å². The van der Waals surface area contributed by atoms with Gasteiger partial charge in [-0.15, -0.1) is 0 Å². The van der Waals surface area contributed by atoms with Crippen LogP contribution in [0.5, 0.6) is 0 Å². The van der Waals surface area contributed by atoms with E-state index in [-0.39, 0.29) is 5.56 Å². The average molecular weight is 628 g/mol. The summed E-state index contributed by atoms with van der Waals surface area (Å²) in [5.41, 5.74) is -1.68. The van der Waals surface area contributed by atoms with Gasteiger partial charge < -0.3 is 20.4 Å². The lowest BCUT2D eigenvalue weighted by atomic mass is 9.84. The van der Waals surface area contributed by atoms with Crippen LogP contribution in [0.25, 0.3) is 11.0 Å². The van der Waals surface area contributed by atoms with Crippen molar-refractivity contribution in [3.05, 3.63) is 65.5 Å². The quantitative estimate of drug-likeness (QED) is 0.341. The molecule has 10 nitrogen and oxygen atoms in total. The van der Waals surface area contributed by atoms with Crippen LogP contribution in [0.2, 0.25) is 0 Å². The molecule has 0 radical (unpaired) electrons. The Bertz CT molecular complexity index is 1620. The third kappa shape index (κ3) is 5.87. The summed E-state index contributed by atoms with van der Waals surface area (Å²) in [6, 6.07) is 8.88. The highest BCUT2D eigenvalue weighted by atomic mass is 19.4. The Morgan fingerprint density at radius 2 is 1.73 bits per heavy atom. The maximum atomic E-state index is 14.8. The highest BCUT2D eigenvalue weighted by Gasteiger charge is 2.63. The molecule has 1 fully saturated rings. The predicted molar refractivity (Wildman–Crippen MR) is 157 cm³/mol. The summed E-state index contributed by atoms with van der Waals surface area (Å²) in [5.74, 6) is -6.52. The van der Waals surface area contributed by atoms with Gasteiger partial charge in [0, 0.05) is 11.1 Å². The number of aromatic nitrogens is 2. The highest BCUT2D eigenvalue weighted by Crippen LogP contribution is 2.42. The van der Waals surface area contributed by atoms with Crippen LogP contribution < -0.4 is 10.6 Å². The number of halogens is 3. The van der Waals surface area contributed by atoms with E-state index in [1.807, 2.05) is 24.3 Å². The number of nitrogens with one attached hydrogen (secondary N) is 3. The minimum Gasteiger partial charge on any atom is -0.418 e. The number of ether oxygens (including phenoxy) is 1. The molecule has 3 aromatic rings. The highest BCUT2D eigenvalue weighted by molar-refractivity contribution is 6.02. The molecule has 1 saturated heterocycles. The fraction of sp³-hybridized carbons (Fsp3) is 0.469. The van der Waals surface area contributed by atoms with Crippen molar-refractivity contribution < 1.29 is 37.1 Å². The largest absolute Gasteiger partial charge is 0.491 e. The number of alkyl halides is 3. The topological polar surface area (TPSA) is 133 Å². The number of aromatic amines is 1. The third-order valence-corrected chi connectivity index (χ3v) is 8.50. The van der Waals surface area contributed by atoms with E-state index in [9.17, 15) is 32.3 Å². The monoisotopic (exact) mass is 627 g/mol. The van der Waals surface area contributed by atoms with Crippen LogP contribution >= 0.6 is 0 Å². The Morgan fingerprint density at radius 1 is 1.09 bits per heavy atom. The second-order valence-electron chi connectivity index (χ2n) is 12.8. The number of piperazine rings is 1. The second kappa shape index (κ2) is 11.5. The number of carbonyl (C=O) groups excluding carboxylic acids is 4. The average Bonchev–Trinajstić information content (AvgIpc) is 3.61. The van der Waals surface area contributed by atoms with Gasteiger partial charge in [-0.1, -0.05) is 50.6 Å². The van der Waals surface area contributed by atoms with Crippen molar-refractivity contribution in [3.63, 3.8) is 0 Å². The van der Waals surface area contributed by atoms with Gasteiger partial charge in [-0.3, -0.25) is 19.3 Å². The molecule has 1 aliphatic carbocycles. The van der Waals surface area contributed by atoms with Gasteiger partial charge in [0.2, 0.25) is 11.8 Å². The molecule has 240 valence electrons. The number of rotatable bonds is 7. The molecule has 45 heavy (non-hydrogen) atoms. The van der Waals surface area contributed by atoms with Crippen LogP contribution in [0.1, 0.15) is 57.7 Å². The van der Waals surface area contributed by atoms with E-state index >= 15 is 0 Å². The molecule has 3 N–H and O–H groups in total. The Kier molecular flexibility index (Phi) is 8.17. The molecule has 0 bridgehead atoms. The summed E-state index contributed by atoms with van der Waals surface area (Å²) < 4.78 is 47.4. The van der Waals surface area contributed by atoms with Crippen LogP contribution in [-0.4, -0.2) is 62.4 Å². The maximum Gasteiger partial charge on any atom is 0.491 e. The summed E-state index contributed by atoms with van der Waals surface area (Å²) in [4.78, 5) is 63.9. The molecule has 2 aromatic carbocycles. The molecule has 0 saturated carbocycles. The van der Waals surface area contributed by atoms with E-state index in [1.165, 1.54) is 24.5 Å². The number of esters is 1. The van der Waals surface area contributed by atoms with Crippen LogP contribution in [-0.2, 0) is 42.5 Å². The lowest BCUT2D eigenvalue weighted by Crippen LogP contribution is -2.75. The molecule has 0 unspecified atom stereocenters. The molecule has 5 rings (SSSR count). The number of benzene rings is 2. The fourth-order valence-electron chi connectivity index (χ4n) is 6.24. The first kappa shape index (κ1) is 32.0. The van der Waals surface area contributed by atoms with E-state index < -0.39 is 65.1 Å². The van der Waals surface area contributed by atoms with Crippen LogP contribution in [0.15, 0.2) is 48.8 Å². The number of nitrogens with zero attached hydrogens (tertiary/aromatic N) is 2. The summed E-state index contributed by atoms with van der Waals surface area (Å²) in [5, 5.41) is 5.45. The first-order chi connectivity index (χ1) is 21.1. The molecule has 1 aliphatic heterocycles. The van der Waals surface area contributed by atoms with Gasteiger partial charge in [0.25, 0.3) is 11.6 Å². The van der Waals surface area contributed by atoms with Gasteiger partial charge in [0.1, 0.15) is 12.1 Å². The Morgan fingerprint density at radius 3 is 2.31 bits per heavy atom. The SMILES string of the molecule is CC[C@@H](C)[C@@H]1C(=O)N[C@H](C2Cc3ccccc3C2)C(=O)N1[C@](OC(=O)C(F)(F)F)(C(=O)NC(C)(C)C)c1ccc2nc[nH]c2c1. The maximum absolute atomic E-state index is 14.8. The number of fused-ring (bicyclic) bond motifs is 2. The number of hydrogen-bond acceptors (Lipinski definition) is 6. The number of amides is 3. The zero-order chi connectivity index (χ0) is 32.9. The zero-order valence-corrected chi connectivity index (χ0v) is 25.6. The molecule has 2 aliphatic rings. The molecule has 4 atom stereocenters. The Labute approximate surface area is 258 Å². The van der Waals surface area contributed by atoms with Crippen molar-refractivity contribution in [2.75, 3.05) is 0 Å². The van der Waals surface area contributed by atoms with E-state index in [2.05, 4.69) is 20.6 Å². The number of carbonyl (C=O) groups is 4. The molecule has 1 aromatic heterocycles. The standard InChI is InChI=1S/C32H36F3N5O5/c1-6-17(2)25-26(41)38-24(20-13-18-9-7-8-10-19(18)14-20)27(42)40(25)31(28(43)39-30(3,4)5,45-29(44)32(33,34)35)21-11-12-22-23(15-21)37-16-36-22/h7-12,15-17,20,24-25H,6,13-14H2,1-5H3,(H,36,37)(H,38,41)(H,39,43)/t17-,24-,25-,31-/m1/s1. The van der Waals surface area contributed by atoms with Crippen LogP contribution in [0.4, 0.5) is 13.2 Å². The van der Waals surface area contributed by atoms with Gasteiger partial charge in [-0.2, -0.15) is 13.2 Å². The minimum atomic E-state index is -5.54. The molecule has 13 heteroatoms. The number of hydrogen-bond donors (Lipinski definition) is 3. The van der Waals surface area contributed by atoms with Crippen molar-refractivity contribution in [2.24, 2.45) is 11.8 Å². The first-order valence-electron chi connectivity index (χ1n) is 14.8. The lowest BCUT2D eigenvalue weighted by molar-refractivity contribution is -0.239. The van der Waals surface area contributed by atoms with Gasteiger partial charge in [-0.25, -0.2) is 9.78 Å². The molecular weight excluding hydrogens is 591 g/mol. The molecular formula is C32H36F3N5O5.